The quantitative estimate of drug-likeness (QED) is 0.359. The van der Waals surface area contributed by atoms with E-state index in [4.69, 9.17) is 9.84 Å². The van der Waals surface area contributed by atoms with Crippen LogP contribution in [0.25, 0.3) is 0 Å². The van der Waals surface area contributed by atoms with E-state index in [2.05, 4.69) is 10.6 Å². The van der Waals surface area contributed by atoms with Crippen molar-refractivity contribution < 1.29 is 38.6 Å². The van der Waals surface area contributed by atoms with Gasteiger partial charge in [0.05, 0.1) is 11.1 Å². The number of nitrogens with one attached hydrogen (secondary N) is 2. The van der Waals surface area contributed by atoms with E-state index in [1.54, 1.807) is 0 Å². The second-order valence-corrected chi connectivity index (χ2v) is 7.12. The second-order valence-electron chi connectivity index (χ2n) is 7.12. The predicted molar refractivity (Wildman–Crippen MR) is 103 cm³/mol. The topological polar surface area (TPSA) is 159 Å². The number of benzene rings is 1. The number of carboxylic acid groups (broad SMARTS) is 1. The van der Waals surface area contributed by atoms with Crippen molar-refractivity contribution >= 4 is 35.5 Å². The summed E-state index contributed by atoms with van der Waals surface area (Å²) in [7, 11) is 0. The third-order valence-electron chi connectivity index (χ3n) is 4.93. The van der Waals surface area contributed by atoms with E-state index in [1.165, 1.54) is 18.2 Å². The van der Waals surface area contributed by atoms with Gasteiger partial charge in [0.25, 0.3) is 17.7 Å². The van der Waals surface area contributed by atoms with Crippen LogP contribution in [-0.2, 0) is 19.2 Å². The summed E-state index contributed by atoms with van der Waals surface area (Å²) in [6, 6.07) is 3.28. The predicted octanol–water partition coefficient (Wildman–Crippen LogP) is -0.162. The van der Waals surface area contributed by atoms with Crippen LogP contribution in [0.3, 0.4) is 0 Å². The zero-order chi connectivity index (χ0) is 22.5. The maximum Gasteiger partial charge on any atom is 0.303 e. The molecule has 1 fully saturated rings. The Kier molecular flexibility index (Phi) is 6.63. The molecule has 2 aliphatic heterocycles. The van der Waals surface area contributed by atoms with Gasteiger partial charge in [-0.05, 0) is 31.4 Å². The minimum Gasteiger partial charge on any atom is -0.483 e. The summed E-state index contributed by atoms with van der Waals surface area (Å²) in [6.45, 7) is -0.127. The van der Waals surface area contributed by atoms with Crippen molar-refractivity contribution in [1.29, 1.82) is 0 Å². The number of aliphatic carboxylic acids is 1. The first kappa shape index (κ1) is 21.9. The molecule has 1 unspecified atom stereocenters. The third-order valence-corrected chi connectivity index (χ3v) is 4.93. The fourth-order valence-corrected chi connectivity index (χ4v) is 3.43. The number of rotatable bonds is 9. The van der Waals surface area contributed by atoms with Gasteiger partial charge >= 0.3 is 5.97 Å². The molecular formula is C20H21N3O8. The van der Waals surface area contributed by atoms with Crippen LogP contribution < -0.4 is 15.4 Å². The Labute approximate surface area is 176 Å². The van der Waals surface area contributed by atoms with E-state index in [0.717, 1.165) is 4.90 Å². The number of ether oxygens (including phenoxy) is 1. The van der Waals surface area contributed by atoms with Gasteiger partial charge < -0.3 is 15.2 Å². The molecule has 1 saturated heterocycles. The highest BCUT2D eigenvalue weighted by Crippen LogP contribution is 2.33. The zero-order valence-electron chi connectivity index (χ0n) is 16.5. The lowest BCUT2D eigenvalue weighted by atomic mass is 10.0. The summed E-state index contributed by atoms with van der Waals surface area (Å²) in [4.78, 5) is 72.3. The lowest BCUT2D eigenvalue weighted by Crippen LogP contribution is -2.54. The summed E-state index contributed by atoms with van der Waals surface area (Å²) in [5, 5.41) is 13.3. The maximum atomic E-state index is 12.9. The van der Waals surface area contributed by atoms with Crippen molar-refractivity contribution in [2.45, 2.75) is 38.1 Å². The number of imide groups is 2. The summed E-state index contributed by atoms with van der Waals surface area (Å²) in [5.74, 6) is -3.90. The molecule has 2 aliphatic rings. The van der Waals surface area contributed by atoms with E-state index in [-0.39, 0.29) is 42.7 Å². The van der Waals surface area contributed by atoms with Crippen LogP contribution in [0.2, 0.25) is 0 Å². The van der Waals surface area contributed by atoms with Crippen molar-refractivity contribution in [3.05, 3.63) is 29.3 Å². The normalized spacial score (nSPS) is 17.9. The first-order valence-corrected chi connectivity index (χ1v) is 9.75. The van der Waals surface area contributed by atoms with Crippen molar-refractivity contribution in [2.24, 2.45) is 0 Å². The summed E-state index contributed by atoms with van der Waals surface area (Å²) < 4.78 is 5.44. The molecule has 0 aliphatic carbocycles. The van der Waals surface area contributed by atoms with Crippen molar-refractivity contribution in [3.63, 3.8) is 0 Å². The maximum absolute atomic E-state index is 12.9. The van der Waals surface area contributed by atoms with Crippen molar-refractivity contribution in [3.8, 4) is 5.75 Å². The fraction of sp³-hybridized carbons (Fsp3) is 0.400. The molecule has 0 radical (unpaired) electrons. The van der Waals surface area contributed by atoms with Crippen LogP contribution in [-0.4, -0.2) is 64.7 Å². The van der Waals surface area contributed by atoms with E-state index in [9.17, 15) is 28.8 Å². The first-order valence-electron chi connectivity index (χ1n) is 9.75. The summed E-state index contributed by atoms with van der Waals surface area (Å²) >= 11 is 0. The molecule has 31 heavy (non-hydrogen) atoms. The van der Waals surface area contributed by atoms with Gasteiger partial charge in [-0.15, -0.1) is 0 Å². The molecule has 0 aromatic heterocycles. The molecule has 164 valence electrons. The minimum absolute atomic E-state index is 0.0137. The molecule has 11 nitrogen and oxygen atoms in total. The smallest absolute Gasteiger partial charge is 0.303 e. The lowest BCUT2D eigenvalue weighted by Gasteiger charge is -2.27. The van der Waals surface area contributed by atoms with Gasteiger partial charge in [0.2, 0.25) is 11.8 Å². The fourth-order valence-electron chi connectivity index (χ4n) is 3.43. The van der Waals surface area contributed by atoms with E-state index in [0.29, 0.717) is 12.8 Å². The molecular weight excluding hydrogens is 410 g/mol. The molecule has 5 amide bonds. The van der Waals surface area contributed by atoms with E-state index >= 15 is 0 Å². The first-order chi connectivity index (χ1) is 14.8. The number of carboxylic acids is 1. The molecule has 0 saturated carbocycles. The molecule has 1 aromatic carbocycles. The molecule has 1 atom stereocenters. The van der Waals surface area contributed by atoms with Gasteiger partial charge in [-0.2, -0.15) is 0 Å². The number of unbranched alkanes of at least 4 members (excludes halogenated alkanes) is 1. The van der Waals surface area contributed by atoms with Crippen LogP contribution in [0.15, 0.2) is 18.2 Å². The number of carbonyl (C=O) groups is 6. The molecule has 0 spiro atoms. The van der Waals surface area contributed by atoms with Gasteiger partial charge in [0, 0.05) is 19.4 Å². The van der Waals surface area contributed by atoms with Gasteiger partial charge in [0.1, 0.15) is 11.8 Å². The van der Waals surface area contributed by atoms with Gasteiger partial charge in [-0.1, -0.05) is 6.07 Å². The van der Waals surface area contributed by atoms with Crippen molar-refractivity contribution in [1.82, 2.24) is 15.5 Å². The third kappa shape index (κ3) is 4.87. The zero-order valence-corrected chi connectivity index (χ0v) is 16.5. The number of hydrogen-bond acceptors (Lipinski definition) is 7. The van der Waals surface area contributed by atoms with Gasteiger partial charge in [0.15, 0.2) is 6.61 Å². The van der Waals surface area contributed by atoms with Crippen LogP contribution in [0.1, 0.15) is 52.8 Å². The highest BCUT2D eigenvalue weighted by atomic mass is 16.5. The Balaban J connectivity index is 1.63. The second kappa shape index (κ2) is 9.37. The average molecular weight is 431 g/mol. The number of nitrogens with zero attached hydrogens (tertiary/aromatic N) is 1. The van der Waals surface area contributed by atoms with Crippen LogP contribution in [0.4, 0.5) is 0 Å². The van der Waals surface area contributed by atoms with Crippen LogP contribution in [0, 0.1) is 0 Å². The largest absolute Gasteiger partial charge is 0.483 e. The minimum atomic E-state index is -1.09. The molecule has 11 heteroatoms. The number of fused-ring (bicyclic) bond motifs is 1. The Morgan fingerprint density at radius 3 is 2.65 bits per heavy atom. The molecule has 0 bridgehead atoms. The molecule has 3 N–H and O–H groups in total. The average Bonchev–Trinajstić information content (AvgIpc) is 2.97. The number of hydrogen-bond donors (Lipinski definition) is 3. The van der Waals surface area contributed by atoms with Gasteiger partial charge in [-0.3, -0.25) is 39.0 Å². The highest BCUT2D eigenvalue weighted by molar-refractivity contribution is 6.24. The number of carbonyl (C=O) groups excluding carboxylic acids is 5. The standard InChI is InChI=1S/C20H21N3O8/c24-14-8-7-12(18(28)22-14)23-19(29)11-4-3-5-13(17(11)20(23)30)31-10-15(25)21-9-2-1-6-16(26)27/h3-5,12H,1-2,6-10H2,(H,21,25)(H,26,27)(H,22,24,28). The molecule has 1 aromatic rings. The lowest BCUT2D eigenvalue weighted by molar-refractivity contribution is -0.138. The van der Waals surface area contributed by atoms with Gasteiger partial charge in [-0.25, -0.2) is 0 Å². The van der Waals surface area contributed by atoms with E-state index < -0.39 is 48.2 Å². The Bertz CT molecular complexity index is 958. The number of amides is 5. The summed E-state index contributed by atoms with van der Waals surface area (Å²) in [5.41, 5.74) is 0.0211. The van der Waals surface area contributed by atoms with Crippen LogP contribution in [0.5, 0.6) is 5.75 Å². The Morgan fingerprint density at radius 1 is 1.16 bits per heavy atom. The van der Waals surface area contributed by atoms with Crippen LogP contribution >= 0.6 is 0 Å². The summed E-state index contributed by atoms with van der Waals surface area (Å²) in [6.07, 6.45) is 0.987. The van der Waals surface area contributed by atoms with Crippen molar-refractivity contribution in [2.75, 3.05) is 13.2 Å². The molecule has 3 rings (SSSR count). The SMILES string of the molecule is O=C(O)CCCCNC(=O)COc1cccc2c1C(=O)N(C1CCC(=O)NC1=O)C2=O. The number of piperidine rings is 1. The van der Waals surface area contributed by atoms with E-state index in [1.807, 2.05) is 0 Å². The monoisotopic (exact) mass is 431 g/mol. The highest BCUT2D eigenvalue weighted by Gasteiger charge is 2.46. The molecule has 2 heterocycles. The Hall–Kier alpha value is -3.76. The Morgan fingerprint density at radius 2 is 1.94 bits per heavy atom.